The molecule has 6 heteroatoms. The number of hydrogen-bond donors (Lipinski definition) is 0. The summed E-state index contributed by atoms with van der Waals surface area (Å²) in [6.45, 7) is 9.10. The average Bonchev–Trinajstić information content (AvgIpc) is 3.07. The van der Waals surface area contributed by atoms with Gasteiger partial charge in [-0.1, -0.05) is 0 Å². The molecule has 1 aliphatic rings. The largest absolute Gasteiger partial charge is 0.441 e. The van der Waals surface area contributed by atoms with Gasteiger partial charge in [0, 0.05) is 24.0 Å². The first-order chi connectivity index (χ1) is 10.8. The first-order valence-electron chi connectivity index (χ1n) is 7.78. The molecule has 0 saturated carbocycles. The van der Waals surface area contributed by atoms with Crippen molar-refractivity contribution in [2.75, 3.05) is 13.1 Å². The molecule has 0 aliphatic carbocycles. The van der Waals surface area contributed by atoms with Crippen molar-refractivity contribution >= 4 is 17.2 Å². The van der Waals surface area contributed by atoms with E-state index in [2.05, 4.69) is 4.98 Å². The van der Waals surface area contributed by atoms with E-state index in [0.717, 1.165) is 5.56 Å². The van der Waals surface area contributed by atoms with Crippen molar-refractivity contribution in [2.45, 2.75) is 45.8 Å². The second-order valence-corrected chi connectivity index (χ2v) is 7.45. The van der Waals surface area contributed by atoms with Gasteiger partial charge in [0.2, 0.25) is 11.8 Å². The number of morpholine rings is 1. The Bertz CT molecular complexity index is 691. The lowest BCUT2D eigenvalue weighted by Crippen LogP contribution is -2.54. The van der Waals surface area contributed by atoms with Crippen molar-refractivity contribution in [3.8, 4) is 11.5 Å². The maximum Gasteiger partial charge on any atom is 0.228 e. The highest BCUT2D eigenvalue weighted by Gasteiger charge is 2.34. The number of rotatable bonds is 3. The summed E-state index contributed by atoms with van der Waals surface area (Å²) >= 11 is 1.60. The number of thiophene rings is 1. The molecule has 23 heavy (non-hydrogen) atoms. The molecule has 0 bridgehead atoms. The van der Waals surface area contributed by atoms with Crippen molar-refractivity contribution in [1.29, 1.82) is 0 Å². The van der Waals surface area contributed by atoms with Gasteiger partial charge in [0.05, 0.1) is 23.8 Å². The lowest BCUT2D eigenvalue weighted by Gasteiger charge is -2.41. The van der Waals surface area contributed by atoms with Crippen LogP contribution in [-0.4, -0.2) is 40.6 Å². The van der Waals surface area contributed by atoms with Crippen LogP contribution >= 0.6 is 11.3 Å². The van der Waals surface area contributed by atoms with Crippen LogP contribution in [-0.2, 0) is 16.0 Å². The second kappa shape index (κ2) is 6.09. The molecule has 3 rings (SSSR count). The highest BCUT2D eigenvalue weighted by Crippen LogP contribution is 2.25. The normalized spacial score (nSPS) is 20.7. The third kappa shape index (κ3) is 3.64. The fourth-order valence-corrected chi connectivity index (χ4v) is 3.63. The van der Waals surface area contributed by atoms with E-state index in [-0.39, 0.29) is 24.0 Å². The molecule has 1 amide bonds. The van der Waals surface area contributed by atoms with Crippen LogP contribution in [0.4, 0.5) is 0 Å². The molecule has 0 spiro atoms. The Morgan fingerprint density at radius 3 is 2.96 bits per heavy atom. The van der Waals surface area contributed by atoms with Gasteiger partial charge >= 0.3 is 0 Å². The van der Waals surface area contributed by atoms with Crippen molar-refractivity contribution in [1.82, 2.24) is 9.88 Å². The Balaban J connectivity index is 1.73. The molecule has 1 fully saturated rings. The number of carbonyl (C=O) groups is 1. The van der Waals surface area contributed by atoms with Crippen molar-refractivity contribution < 1.29 is 13.9 Å². The molecule has 0 N–H and O–H groups in total. The predicted octanol–water partition coefficient (Wildman–Crippen LogP) is 3.28. The van der Waals surface area contributed by atoms with E-state index in [1.807, 2.05) is 49.4 Å². The number of hydrogen-bond acceptors (Lipinski definition) is 5. The van der Waals surface area contributed by atoms with Gasteiger partial charge in [-0.3, -0.25) is 4.79 Å². The van der Waals surface area contributed by atoms with E-state index >= 15 is 0 Å². The highest BCUT2D eigenvalue weighted by atomic mass is 32.1. The Kier molecular flexibility index (Phi) is 4.29. The van der Waals surface area contributed by atoms with Gasteiger partial charge < -0.3 is 14.1 Å². The van der Waals surface area contributed by atoms with E-state index in [1.54, 1.807) is 11.3 Å². The van der Waals surface area contributed by atoms with Gasteiger partial charge in [0.25, 0.3) is 0 Å². The van der Waals surface area contributed by atoms with Crippen LogP contribution in [0.15, 0.2) is 21.2 Å². The highest BCUT2D eigenvalue weighted by molar-refractivity contribution is 7.08. The van der Waals surface area contributed by atoms with Crippen LogP contribution in [0.25, 0.3) is 11.5 Å². The monoisotopic (exact) mass is 334 g/mol. The van der Waals surface area contributed by atoms with Crippen molar-refractivity contribution in [2.24, 2.45) is 0 Å². The van der Waals surface area contributed by atoms with Crippen LogP contribution in [0.1, 0.15) is 32.2 Å². The van der Waals surface area contributed by atoms with Gasteiger partial charge in [-0.05, 0) is 39.1 Å². The van der Waals surface area contributed by atoms with E-state index in [9.17, 15) is 4.79 Å². The Morgan fingerprint density at radius 1 is 1.52 bits per heavy atom. The molecule has 1 aliphatic heterocycles. The van der Waals surface area contributed by atoms with E-state index in [1.165, 1.54) is 0 Å². The Hall–Kier alpha value is -1.66. The van der Waals surface area contributed by atoms with Crippen LogP contribution in [0, 0.1) is 6.92 Å². The van der Waals surface area contributed by atoms with Crippen molar-refractivity contribution in [3.05, 3.63) is 28.3 Å². The molecular formula is C17H22N2O3S. The molecule has 0 radical (unpaired) electrons. The molecule has 1 saturated heterocycles. The number of amides is 1. The summed E-state index contributed by atoms with van der Waals surface area (Å²) in [5.41, 5.74) is 1.36. The van der Waals surface area contributed by atoms with Crippen LogP contribution in [0.3, 0.4) is 0 Å². The number of oxazole rings is 1. The second-order valence-electron chi connectivity index (χ2n) is 6.67. The van der Waals surface area contributed by atoms with Gasteiger partial charge in [-0.2, -0.15) is 11.3 Å². The van der Waals surface area contributed by atoms with Crippen LogP contribution in [0.5, 0.6) is 0 Å². The zero-order valence-corrected chi connectivity index (χ0v) is 14.8. The summed E-state index contributed by atoms with van der Waals surface area (Å²) in [5, 5.41) is 3.97. The SMILES string of the molecule is Cc1oc(-c2ccsc2)nc1CC(=O)N1C[C@@H](C)OC(C)(C)C1. The quantitative estimate of drug-likeness (QED) is 0.864. The minimum absolute atomic E-state index is 0.0440. The molecular weight excluding hydrogens is 312 g/mol. The molecule has 2 aromatic rings. The van der Waals surface area contributed by atoms with Crippen LogP contribution in [0.2, 0.25) is 0 Å². The zero-order valence-electron chi connectivity index (χ0n) is 14.0. The first-order valence-corrected chi connectivity index (χ1v) is 8.73. The number of nitrogens with zero attached hydrogens (tertiary/aromatic N) is 2. The summed E-state index contributed by atoms with van der Waals surface area (Å²) in [7, 11) is 0. The summed E-state index contributed by atoms with van der Waals surface area (Å²) in [6, 6.07) is 1.97. The Morgan fingerprint density at radius 2 is 2.30 bits per heavy atom. The average molecular weight is 334 g/mol. The van der Waals surface area contributed by atoms with Gasteiger partial charge in [0.1, 0.15) is 5.76 Å². The minimum atomic E-state index is -0.311. The number of aromatic nitrogens is 1. The molecule has 0 unspecified atom stereocenters. The number of aryl methyl sites for hydroxylation is 1. The molecule has 2 aromatic heterocycles. The van der Waals surface area contributed by atoms with Gasteiger partial charge in [-0.25, -0.2) is 4.98 Å². The lowest BCUT2D eigenvalue weighted by molar-refractivity contribution is -0.157. The molecule has 3 heterocycles. The summed E-state index contributed by atoms with van der Waals surface area (Å²) in [5.74, 6) is 1.36. The Labute approximate surface area is 140 Å². The van der Waals surface area contributed by atoms with Crippen LogP contribution < -0.4 is 0 Å². The fraction of sp³-hybridized carbons (Fsp3) is 0.529. The third-order valence-corrected chi connectivity index (χ3v) is 4.58. The maximum absolute atomic E-state index is 12.6. The molecule has 5 nitrogen and oxygen atoms in total. The summed E-state index contributed by atoms with van der Waals surface area (Å²) in [6.07, 6.45) is 0.310. The summed E-state index contributed by atoms with van der Waals surface area (Å²) in [4.78, 5) is 19.0. The number of carbonyl (C=O) groups excluding carboxylic acids is 1. The van der Waals surface area contributed by atoms with E-state index in [0.29, 0.717) is 30.4 Å². The van der Waals surface area contributed by atoms with E-state index in [4.69, 9.17) is 9.15 Å². The summed E-state index contributed by atoms with van der Waals surface area (Å²) < 4.78 is 11.6. The fourth-order valence-electron chi connectivity index (χ4n) is 3.00. The van der Waals surface area contributed by atoms with Gasteiger partial charge in [0.15, 0.2) is 0 Å². The van der Waals surface area contributed by atoms with E-state index < -0.39 is 0 Å². The molecule has 0 aromatic carbocycles. The molecule has 1 atom stereocenters. The molecule has 124 valence electrons. The zero-order chi connectivity index (χ0) is 16.6. The first kappa shape index (κ1) is 16.2. The standard InChI is InChI=1S/C17H22N2O3S/c1-11-8-19(10-17(3,4)22-11)15(20)7-14-12(2)21-16(18-14)13-5-6-23-9-13/h5-6,9,11H,7-8,10H2,1-4H3/t11-/m1/s1. The smallest absolute Gasteiger partial charge is 0.228 e. The third-order valence-electron chi connectivity index (χ3n) is 3.90. The van der Waals surface area contributed by atoms with Crippen molar-refractivity contribution in [3.63, 3.8) is 0 Å². The topological polar surface area (TPSA) is 55.6 Å². The maximum atomic E-state index is 12.6. The van der Waals surface area contributed by atoms with Gasteiger partial charge in [-0.15, -0.1) is 0 Å². The minimum Gasteiger partial charge on any atom is -0.441 e. The predicted molar refractivity (Wildman–Crippen MR) is 89.5 cm³/mol. The lowest BCUT2D eigenvalue weighted by atomic mass is 10.0. The number of ether oxygens (including phenoxy) is 1.